The van der Waals surface area contributed by atoms with E-state index in [-0.39, 0.29) is 17.2 Å². The zero-order valence-electron chi connectivity index (χ0n) is 24.1. The Balaban J connectivity index is 1.24. The molecule has 1 atom stereocenters. The summed E-state index contributed by atoms with van der Waals surface area (Å²) in [7, 11) is -4.26. The molecule has 1 aromatic heterocycles. The molecular weight excluding hydrogens is 612 g/mol. The molecule has 11 nitrogen and oxygen atoms in total. The summed E-state index contributed by atoms with van der Waals surface area (Å²) in [5.74, 6) is -0.793. The molecule has 2 N–H and O–H groups in total. The number of likely N-dealkylation sites (tertiary alicyclic amines) is 1. The van der Waals surface area contributed by atoms with Gasteiger partial charge >= 0.3 is 0 Å². The summed E-state index contributed by atoms with van der Waals surface area (Å²) in [6.45, 7) is 6.72. The summed E-state index contributed by atoms with van der Waals surface area (Å²) >= 11 is 7.37. The van der Waals surface area contributed by atoms with Gasteiger partial charge < -0.3 is 15.5 Å². The van der Waals surface area contributed by atoms with E-state index in [1.54, 1.807) is 55.1 Å². The van der Waals surface area contributed by atoms with Crippen molar-refractivity contribution in [2.75, 3.05) is 29.3 Å². The van der Waals surface area contributed by atoms with Gasteiger partial charge in [0.2, 0.25) is 11.8 Å². The van der Waals surface area contributed by atoms with E-state index in [2.05, 4.69) is 20.2 Å². The average molecular weight is 645 g/mol. The number of aromatic nitrogens is 2. The molecule has 0 aliphatic carbocycles. The number of halogens is 1. The SMILES string of the molecule is Cc1cc(Cl)cc(C)c1S(=O)(=O)N1c2ccccc2NC(=O)C1CC(=O)NCCC1CCN(C(=O)c2nnsc2C)CC1. The summed E-state index contributed by atoms with van der Waals surface area (Å²) in [4.78, 5) is 41.7. The van der Waals surface area contributed by atoms with Gasteiger partial charge in [-0.3, -0.25) is 18.7 Å². The molecule has 2 aromatic carbocycles. The Bertz CT molecular complexity index is 1650. The predicted molar refractivity (Wildman–Crippen MR) is 165 cm³/mol. The highest BCUT2D eigenvalue weighted by atomic mass is 35.5. The van der Waals surface area contributed by atoms with Gasteiger partial charge in [-0.1, -0.05) is 28.2 Å². The van der Waals surface area contributed by atoms with E-state index in [0.29, 0.717) is 65.2 Å². The Morgan fingerprint density at radius 2 is 1.79 bits per heavy atom. The maximum Gasteiger partial charge on any atom is 0.275 e. The lowest BCUT2D eigenvalue weighted by Crippen LogP contribution is -2.53. The number of amides is 3. The second kappa shape index (κ2) is 12.6. The highest BCUT2D eigenvalue weighted by Gasteiger charge is 2.43. The second-order valence-corrected chi connectivity index (χ2v) is 14.1. The van der Waals surface area contributed by atoms with Crippen LogP contribution in [0.15, 0.2) is 41.3 Å². The molecule has 14 heteroatoms. The average Bonchev–Trinajstić information content (AvgIpc) is 3.38. The molecule has 0 saturated carbocycles. The van der Waals surface area contributed by atoms with Crippen LogP contribution in [0.1, 0.15) is 52.2 Å². The number of carbonyl (C=O) groups excluding carboxylic acids is 3. The van der Waals surface area contributed by atoms with Crippen LogP contribution in [0.5, 0.6) is 0 Å². The minimum atomic E-state index is -4.26. The van der Waals surface area contributed by atoms with Gasteiger partial charge in [-0.25, -0.2) is 8.42 Å². The molecule has 2 aliphatic rings. The second-order valence-electron chi connectivity index (χ2n) is 10.9. The normalized spacial score (nSPS) is 17.4. The fourth-order valence-electron chi connectivity index (χ4n) is 5.80. The van der Waals surface area contributed by atoms with Gasteiger partial charge in [0, 0.05) is 24.7 Å². The quantitative estimate of drug-likeness (QED) is 0.376. The Morgan fingerprint density at radius 1 is 1.12 bits per heavy atom. The van der Waals surface area contributed by atoms with Crippen molar-refractivity contribution in [3.63, 3.8) is 0 Å². The van der Waals surface area contributed by atoms with Crippen LogP contribution in [0.2, 0.25) is 5.02 Å². The number of benzene rings is 2. The van der Waals surface area contributed by atoms with E-state index >= 15 is 0 Å². The first-order valence-electron chi connectivity index (χ1n) is 14.0. The maximum absolute atomic E-state index is 14.2. The van der Waals surface area contributed by atoms with Crippen molar-refractivity contribution in [1.82, 2.24) is 19.8 Å². The van der Waals surface area contributed by atoms with Crippen molar-refractivity contribution in [3.05, 3.63) is 63.1 Å². The lowest BCUT2D eigenvalue weighted by Gasteiger charge is -2.37. The molecule has 0 radical (unpaired) electrons. The molecule has 43 heavy (non-hydrogen) atoms. The molecule has 3 aromatic rings. The molecule has 228 valence electrons. The monoisotopic (exact) mass is 644 g/mol. The van der Waals surface area contributed by atoms with Gasteiger partial charge in [-0.15, -0.1) is 5.10 Å². The predicted octanol–water partition coefficient (Wildman–Crippen LogP) is 4.08. The number of carbonyl (C=O) groups is 3. The van der Waals surface area contributed by atoms with Crippen molar-refractivity contribution in [2.45, 2.75) is 57.4 Å². The van der Waals surface area contributed by atoms with Crippen LogP contribution in [0.3, 0.4) is 0 Å². The summed E-state index contributed by atoms with van der Waals surface area (Å²) in [5.41, 5.74) is 1.94. The maximum atomic E-state index is 14.2. The van der Waals surface area contributed by atoms with E-state index in [9.17, 15) is 22.8 Å². The summed E-state index contributed by atoms with van der Waals surface area (Å²) < 4.78 is 33.2. The molecule has 0 spiro atoms. The fraction of sp³-hybridized carbons (Fsp3) is 0.414. The number of nitrogens with zero attached hydrogens (tertiary/aromatic N) is 4. The van der Waals surface area contributed by atoms with E-state index in [1.807, 2.05) is 6.92 Å². The number of anilines is 2. The molecule has 3 amide bonds. The third-order valence-electron chi connectivity index (χ3n) is 7.94. The molecular formula is C29H33ClN6O5S2. The van der Waals surface area contributed by atoms with Crippen LogP contribution >= 0.6 is 23.1 Å². The Hall–Kier alpha value is -3.55. The van der Waals surface area contributed by atoms with Crippen molar-refractivity contribution in [1.29, 1.82) is 0 Å². The lowest BCUT2D eigenvalue weighted by atomic mass is 9.93. The Kier molecular flexibility index (Phi) is 9.04. The Morgan fingerprint density at radius 3 is 2.44 bits per heavy atom. The Labute approximate surface area is 259 Å². The van der Waals surface area contributed by atoms with Gasteiger partial charge in [0.1, 0.15) is 6.04 Å². The number of sulfonamides is 1. The molecule has 0 bridgehead atoms. The number of piperidine rings is 1. The number of hydrogen-bond acceptors (Lipinski definition) is 8. The minimum absolute atomic E-state index is 0.0536. The molecule has 2 aliphatic heterocycles. The minimum Gasteiger partial charge on any atom is -0.356 e. The zero-order valence-corrected chi connectivity index (χ0v) is 26.5. The smallest absolute Gasteiger partial charge is 0.275 e. The number of nitrogens with one attached hydrogen (secondary N) is 2. The van der Waals surface area contributed by atoms with Crippen LogP contribution < -0.4 is 14.9 Å². The van der Waals surface area contributed by atoms with Crippen molar-refractivity contribution in [2.24, 2.45) is 5.92 Å². The molecule has 1 unspecified atom stereocenters. The van der Waals surface area contributed by atoms with Gasteiger partial charge in [0.15, 0.2) is 5.69 Å². The number of hydrogen-bond donors (Lipinski definition) is 2. The van der Waals surface area contributed by atoms with Crippen molar-refractivity contribution >= 4 is 62.3 Å². The van der Waals surface area contributed by atoms with Crippen LogP contribution in [0, 0.1) is 26.7 Å². The van der Waals surface area contributed by atoms with E-state index in [4.69, 9.17) is 11.6 Å². The first-order chi connectivity index (χ1) is 20.5. The van der Waals surface area contributed by atoms with Crippen LogP contribution in [-0.4, -0.2) is 66.3 Å². The van der Waals surface area contributed by atoms with Crippen molar-refractivity contribution < 1.29 is 22.8 Å². The first-order valence-corrected chi connectivity index (χ1v) is 16.6. The number of para-hydroxylation sites is 2. The lowest BCUT2D eigenvalue weighted by molar-refractivity contribution is -0.125. The molecule has 1 saturated heterocycles. The third kappa shape index (κ3) is 6.38. The van der Waals surface area contributed by atoms with E-state index in [0.717, 1.165) is 22.0 Å². The first kappa shape index (κ1) is 30.9. The molecule has 1 fully saturated rings. The van der Waals surface area contributed by atoms with Gasteiger partial charge in [0.05, 0.1) is 27.6 Å². The summed E-state index contributed by atoms with van der Waals surface area (Å²) in [6.07, 6.45) is 1.95. The van der Waals surface area contributed by atoms with Crippen LogP contribution in [0.4, 0.5) is 11.4 Å². The molecule has 3 heterocycles. The van der Waals surface area contributed by atoms with Gasteiger partial charge in [-0.2, -0.15) is 0 Å². The van der Waals surface area contributed by atoms with Gasteiger partial charge in [0.25, 0.3) is 15.9 Å². The molecule has 5 rings (SSSR count). The number of aryl methyl sites for hydroxylation is 3. The zero-order chi connectivity index (χ0) is 30.9. The topological polar surface area (TPSA) is 142 Å². The fourth-order valence-corrected chi connectivity index (χ4v) is 8.64. The third-order valence-corrected chi connectivity index (χ3v) is 10.9. The highest BCUT2D eigenvalue weighted by Crippen LogP contribution is 2.39. The number of rotatable bonds is 8. The van der Waals surface area contributed by atoms with E-state index in [1.165, 1.54) is 11.5 Å². The summed E-state index contributed by atoms with van der Waals surface area (Å²) in [5, 5.41) is 9.99. The van der Waals surface area contributed by atoms with E-state index < -0.39 is 27.9 Å². The standard InChI is InChI=1S/C29H33ClN6O5S2/c1-17-14-21(30)15-18(2)27(17)43(40,41)36-23-7-5-4-6-22(23)32-28(38)24(36)16-25(37)31-11-8-20-9-12-35(13-10-20)29(39)26-19(3)42-34-33-26/h4-7,14-15,20,24H,8-13,16H2,1-3H3,(H,31,37)(H,32,38). The number of fused-ring (bicyclic) bond motifs is 1. The van der Waals surface area contributed by atoms with Crippen LogP contribution in [0.25, 0.3) is 0 Å². The van der Waals surface area contributed by atoms with Gasteiger partial charge in [-0.05, 0) is 92.9 Å². The highest BCUT2D eigenvalue weighted by molar-refractivity contribution is 7.93. The largest absolute Gasteiger partial charge is 0.356 e. The summed E-state index contributed by atoms with van der Waals surface area (Å²) in [6, 6.07) is 8.47. The van der Waals surface area contributed by atoms with Crippen LogP contribution in [-0.2, 0) is 19.6 Å². The van der Waals surface area contributed by atoms with Crippen molar-refractivity contribution in [3.8, 4) is 0 Å².